The Morgan fingerprint density at radius 3 is 2.20 bits per heavy atom. The van der Waals surface area contributed by atoms with Crippen molar-refractivity contribution in [2.24, 2.45) is 0 Å². The van der Waals surface area contributed by atoms with Crippen molar-refractivity contribution in [2.75, 3.05) is 0 Å². The highest BCUT2D eigenvalue weighted by molar-refractivity contribution is 4.86. The van der Waals surface area contributed by atoms with E-state index in [2.05, 4.69) is 0 Å². The van der Waals surface area contributed by atoms with E-state index in [1.54, 1.807) is 0 Å². The van der Waals surface area contributed by atoms with Crippen LogP contribution in [0.3, 0.4) is 0 Å². The minimum Gasteiger partial charge on any atom is -0.393 e. The third-order valence-corrected chi connectivity index (χ3v) is 0.901. The van der Waals surface area contributed by atoms with Crippen LogP contribution >= 0.6 is 0 Å². The second-order valence-electron chi connectivity index (χ2n) is 1.38. The van der Waals surface area contributed by atoms with Crippen molar-refractivity contribution in [3.05, 3.63) is 6.42 Å². The number of aliphatic hydroxyl groups is 1. The fraction of sp³-hybridized carbons (Fsp3) is 0.750. The third kappa shape index (κ3) is 0.428. The minimum absolute atomic E-state index is 0.0602. The molecule has 0 unspecified atom stereocenters. The van der Waals surface area contributed by atoms with Crippen molar-refractivity contribution in [2.45, 2.75) is 18.9 Å². The summed E-state index contributed by atoms with van der Waals surface area (Å²) in [6.07, 6.45) is 3.94. The molecule has 0 aromatic heterocycles. The lowest BCUT2D eigenvalue weighted by Crippen LogP contribution is -2.16. The van der Waals surface area contributed by atoms with Crippen LogP contribution in [0.2, 0.25) is 0 Å². The van der Waals surface area contributed by atoms with Gasteiger partial charge in [-0.3, -0.25) is 0 Å². The van der Waals surface area contributed by atoms with Gasteiger partial charge in [-0.15, -0.1) is 0 Å². The van der Waals surface area contributed by atoms with Crippen LogP contribution in [-0.2, 0) is 0 Å². The molecule has 1 rings (SSSR count). The Bertz CT molecular complexity index is 30.6. The summed E-state index contributed by atoms with van der Waals surface area (Å²) in [5, 5.41) is 8.39. The normalized spacial score (nSPS) is 25.8. The molecule has 0 aromatic carbocycles. The van der Waals surface area contributed by atoms with Crippen molar-refractivity contribution in [1.82, 2.24) is 0 Å². The first-order valence-corrected chi connectivity index (χ1v) is 1.91. The zero-order chi connectivity index (χ0) is 3.70. The molecule has 29 valence electrons. The molecule has 0 saturated heterocycles. The van der Waals surface area contributed by atoms with Crippen LogP contribution in [0.1, 0.15) is 12.8 Å². The molecule has 1 nitrogen and oxygen atoms in total. The molecular weight excluding hydrogens is 64.0 g/mol. The van der Waals surface area contributed by atoms with Gasteiger partial charge >= 0.3 is 0 Å². The number of hydrogen-bond donors (Lipinski definition) is 1. The molecule has 0 spiro atoms. The van der Waals surface area contributed by atoms with Crippen molar-refractivity contribution in [1.29, 1.82) is 0 Å². The molecule has 0 amide bonds. The highest BCUT2D eigenvalue weighted by Crippen LogP contribution is 2.15. The Kier molecular flexibility index (Phi) is 0.618. The average Bonchev–Trinajstić information content (AvgIpc) is 1.30. The largest absolute Gasteiger partial charge is 0.393 e. The quantitative estimate of drug-likeness (QED) is 0.436. The van der Waals surface area contributed by atoms with Gasteiger partial charge in [0.05, 0.1) is 6.10 Å². The Morgan fingerprint density at radius 2 is 2.20 bits per heavy atom. The van der Waals surface area contributed by atoms with E-state index in [0.717, 1.165) is 12.8 Å². The summed E-state index contributed by atoms with van der Waals surface area (Å²) in [7, 11) is 0. The lowest BCUT2D eigenvalue weighted by molar-refractivity contribution is 0.151. The fourth-order valence-electron chi connectivity index (χ4n) is 0.316. The van der Waals surface area contributed by atoms with Crippen LogP contribution in [0, 0.1) is 6.42 Å². The lowest BCUT2D eigenvalue weighted by Gasteiger charge is -2.17. The SMILES string of the molecule is O[C@@H]1[CH]CC1. The zero-order valence-corrected chi connectivity index (χ0v) is 3.02. The van der Waals surface area contributed by atoms with E-state index in [1.165, 1.54) is 0 Å². The van der Waals surface area contributed by atoms with E-state index >= 15 is 0 Å². The van der Waals surface area contributed by atoms with Gasteiger partial charge in [-0.2, -0.15) is 0 Å². The molecule has 0 aliphatic heterocycles. The number of hydrogen-bond acceptors (Lipinski definition) is 1. The van der Waals surface area contributed by atoms with E-state index < -0.39 is 0 Å². The van der Waals surface area contributed by atoms with Crippen molar-refractivity contribution in [3.8, 4) is 0 Å². The predicted octanol–water partition coefficient (Wildman–Crippen LogP) is 0.345. The summed E-state index contributed by atoms with van der Waals surface area (Å²) < 4.78 is 0. The Labute approximate surface area is 31.6 Å². The van der Waals surface area contributed by atoms with Crippen molar-refractivity contribution < 1.29 is 5.11 Å². The van der Waals surface area contributed by atoms with Gasteiger partial charge in [0.1, 0.15) is 0 Å². The van der Waals surface area contributed by atoms with Gasteiger partial charge in [0.15, 0.2) is 0 Å². The van der Waals surface area contributed by atoms with E-state index in [-0.39, 0.29) is 6.10 Å². The van der Waals surface area contributed by atoms with Gasteiger partial charge < -0.3 is 5.11 Å². The van der Waals surface area contributed by atoms with E-state index in [1.807, 2.05) is 6.42 Å². The molecule has 1 aliphatic rings. The molecule has 0 heterocycles. The first-order valence-electron chi connectivity index (χ1n) is 1.91. The summed E-state index contributed by atoms with van der Waals surface area (Å²) in [5.74, 6) is 0. The summed E-state index contributed by atoms with van der Waals surface area (Å²) in [6, 6.07) is 0. The predicted molar refractivity (Wildman–Crippen MR) is 19.5 cm³/mol. The Balaban J connectivity index is 2.08. The van der Waals surface area contributed by atoms with Gasteiger partial charge in [0.25, 0.3) is 0 Å². The monoisotopic (exact) mass is 71.0 g/mol. The Hall–Kier alpha value is -0.0400. The summed E-state index contributed by atoms with van der Waals surface area (Å²) in [6.45, 7) is 0. The Morgan fingerprint density at radius 1 is 1.80 bits per heavy atom. The van der Waals surface area contributed by atoms with Gasteiger partial charge in [-0.05, 0) is 19.3 Å². The molecule has 1 N–H and O–H groups in total. The van der Waals surface area contributed by atoms with Crippen LogP contribution in [0.5, 0.6) is 0 Å². The van der Waals surface area contributed by atoms with E-state index in [0.29, 0.717) is 0 Å². The molecule has 0 bridgehead atoms. The average molecular weight is 71.1 g/mol. The molecule has 1 aliphatic carbocycles. The smallest absolute Gasteiger partial charge is 0.0572 e. The molecule has 1 fully saturated rings. The van der Waals surface area contributed by atoms with Gasteiger partial charge in [0, 0.05) is 0 Å². The second kappa shape index (κ2) is 0.977. The summed E-state index contributed by atoms with van der Waals surface area (Å²) in [4.78, 5) is 0. The van der Waals surface area contributed by atoms with E-state index in [9.17, 15) is 0 Å². The molecule has 1 atom stereocenters. The summed E-state index contributed by atoms with van der Waals surface area (Å²) in [5.41, 5.74) is 0. The van der Waals surface area contributed by atoms with Crippen molar-refractivity contribution in [3.63, 3.8) is 0 Å². The maximum atomic E-state index is 8.39. The molecule has 1 saturated carbocycles. The highest BCUT2D eigenvalue weighted by Gasteiger charge is 2.12. The number of aliphatic hydroxyl groups excluding tert-OH is 1. The summed E-state index contributed by atoms with van der Waals surface area (Å²) >= 11 is 0. The molecule has 0 aromatic rings. The second-order valence-corrected chi connectivity index (χ2v) is 1.38. The van der Waals surface area contributed by atoms with E-state index in [4.69, 9.17) is 5.11 Å². The first kappa shape index (κ1) is 3.16. The third-order valence-electron chi connectivity index (χ3n) is 0.901. The van der Waals surface area contributed by atoms with Crippen molar-refractivity contribution >= 4 is 0 Å². The highest BCUT2D eigenvalue weighted by atomic mass is 16.3. The van der Waals surface area contributed by atoms with Crippen LogP contribution in [-0.4, -0.2) is 11.2 Å². The first-order chi connectivity index (χ1) is 2.39. The lowest BCUT2D eigenvalue weighted by atomic mass is 9.97. The molecule has 1 heteroatoms. The molecule has 5 heavy (non-hydrogen) atoms. The van der Waals surface area contributed by atoms with Gasteiger partial charge in [-0.25, -0.2) is 0 Å². The maximum Gasteiger partial charge on any atom is 0.0572 e. The van der Waals surface area contributed by atoms with Crippen LogP contribution in [0.15, 0.2) is 0 Å². The standard InChI is InChI=1S/C4H7O/c5-4-2-1-3-4/h2,4-5H,1,3H2/t4-/m1/s1. The zero-order valence-electron chi connectivity index (χ0n) is 3.02. The topological polar surface area (TPSA) is 20.2 Å². The van der Waals surface area contributed by atoms with Crippen LogP contribution in [0.4, 0.5) is 0 Å². The maximum absolute atomic E-state index is 8.39. The van der Waals surface area contributed by atoms with Gasteiger partial charge in [0.2, 0.25) is 0 Å². The molecular formula is C4H7O. The fourth-order valence-corrected chi connectivity index (χ4v) is 0.316. The minimum atomic E-state index is -0.0602. The number of rotatable bonds is 0. The van der Waals surface area contributed by atoms with Gasteiger partial charge in [-0.1, -0.05) is 0 Å². The molecule has 1 radical (unpaired) electrons. The van der Waals surface area contributed by atoms with Crippen LogP contribution < -0.4 is 0 Å². The van der Waals surface area contributed by atoms with Crippen LogP contribution in [0.25, 0.3) is 0 Å².